The molecule has 0 aromatic rings. The van der Waals surface area contributed by atoms with Crippen molar-refractivity contribution in [2.75, 3.05) is 59.5 Å². The van der Waals surface area contributed by atoms with Gasteiger partial charge in [0, 0.05) is 13.8 Å². The van der Waals surface area contributed by atoms with Gasteiger partial charge in [-0.05, 0) is 0 Å². The van der Waals surface area contributed by atoms with Gasteiger partial charge < -0.3 is 229 Å². The van der Waals surface area contributed by atoms with Crippen LogP contribution < -0.4 is 10.6 Å². The van der Waals surface area contributed by atoms with Gasteiger partial charge in [0.15, 0.2) is 56.6 Å². The van der Waals surface area contributed by atoms with Crippen molar-refractivity contribution < 1.29 is 228 Å². The lowest BCUT2D eigenvalue weighted by Gasteiger charge is -2.51. The van der Waals surface area contributed by atoms with Crippen LogP contribution in [0.5, 0.6) is 0 Å². The van der Waals surface area contributed by atoms with E-state index in [9.17, 15) is 147 Å². The number of ether oxygens (including phenoxy) is 17. The summed E-state index contributed by atoms with van der Waals surface area (Å²) < 4.78 is 98.5. The molecule has 0 spiro atoms. The second-order valence-electron chi connectivity index (χ2n) is 26.7. The number of nitrogens with one attached hydrogen (secondary N) is 2. The van der Waals surface area contributed by atoms with Gasteiger partial charge in [0.1, 0.15) is 220 Å². The number of carbonyl (C=O) groups excluding carboxylic acids is 2. The van der Waals surface area contributed by atoms with Crippen LogP contribution in [0.1, 0.15) is 13.8 Å². The zero-order valence-electron chi connectivity index (χ0n) is 56.2. The molecule has 0 radical (unpaired) electrons. The lowest BCUT2D eigenvalue weighted by Crippen LogP contribution is -2.70. The van der Waals surface area contributed by atoms with Gasteiger partial charge >= 0.3 is 0 Å². The molecule has 0 unspecified atom stereocenters. The van der Waals surface area contributed by atoms with Gasteiger partial charge in [0.2, 0.25) is 11.8 Å². The van der Waals surface area contributed by atoms with E-state index >= 15 is 0 Å². The predicted octanol–water partition coefficient (Wildman–Crippen LogP) is -20.3. The van der Waals surface area contributed by atoms with Crippen LogP contribution in [-0.2, 0) is 90.1 Å². The Bertz CT molecular complexity index is 2710. The average Bonchev–Trinajstić information content (AvgIpc) is 0.767. The molecule has 0 bridgehead atoms. The maximum absolute atomic E-state index is 12.9. The molecule has 45 atom stereocenters. The summed E-state index contributed by atoms with van der Waals surface area (Å²) in [5, 5.41) is 301. The summed E-state index contributed by atoms with van der Waals surface area (Å²) in [4.78, 5) is 25.0. The number of hydrogen-bond donors (Lipinski definition) is 29. The van der Waals surface area contributed by atoms with Gasteiger partial charge in [-0.2, -0.15) is 0 Å². The molecular formula is C58H98N2O46. The molecule has 106 heavy (non-hydrogen) atoms. The van der Waals surface area contributed by atoms with Gasteiger partial charge in [-0.1, -0.05) is 0 Å². The summed E-state index contributed by atoms with van der Waals surface area (Å²) in [5.41, 5.74) is 0. The molecule has 9 aliphatic rings. The highest BCUT2D eigenvalue weighted by atomic mass is 16.8. The van der Waals surface area contributed by atoms with E-state index in [1.54, 1.807) is 0 Å². The number of aliphatic hydroxyl groups is 27. The van der Waals surface area contributed by atoms with Crippen molar-refractivity contribution in [2.45, 2.75) is 290 Å². The molecular weight excluding hydrogens is 1460 g/mol. The topological polar surface area (TPSA) is 761 Å². The molecule has 9 fully saturated rings. The van der Waals surface area contributed by atoms with Gasteiger partial charge in [-0.15, -0.1) is 0 Å². The molecule has 0 aliphatic carbocycles. The highest BCUT2D eigenvalue weighted by Gasteiger charge is 2.60. The molecule has 616 valence electrons. The van der Waals surface area contributed by atoms with Gasteiger partial charge in [0.05, 0.1) is 59.5 Å². The van der Waals surface area contributed by atoms with Crippen LogP contribution in [0.2, 0.25) is 0 Å². The molecule has 9 aliphatic heterocycles. The Morgan fingerprint density at radius 2 is 0.509 bits per heavy atom. The molecule has 29 N–H and O–H groups in total. The van der Waals surface area contributed by atoms with Crippen LogP contribution in [0.15, 0.2) is 0 Å². The van der Waals surface area contributed by atoms with Gasteiger partial charge in [-0.25, -0.2) is 0 Å². The van der Waals surface area contributed by atoms with Crippen molar-refractivity contribution >= 4 is 11.8 Å². The zero-order valence-corrected chi connectivity index (χ0v) is 56.2. The third-order valence-electron chi connectivity index (χ3n) is 19.5. The lowest BCUT2D eigenvalue weighted by molar-refractivity contribution is -0.404. The molecule has 0 saturated carbocycles. The van der Waals surface area contributed by atoms with E-state index < -0.39 is 348 Å². The minimum Gasteiger partial charge on any atom is -0.394 e. The Labute approximate surface area is 598 Å². The average molecular weight is 1560 g/mol. The predicted molar refractivity (Wildman–Crippen MR) is 320 cm³/mol. The van der Waals surface area contributed by atoms with Crippen LogP contribution in [0.3, 0.4) is 0 Å². The highest BCUT2D eigenvalue weighted by Crippen LogP contribution is 2.39. The molecule has 9 heterocycles. The summed E-state index contributed by atoms with van der Waals surface area (Å²) in [7, 11) is 0. The number of carbonyl (C=O) groups is 2. The van der Waals surface area contributed by atoms with E-state index in [-0.39, 0.29) is 0 Å². The van der Waals surface area contributed by atoms with E-state index in [2.05, 4.69) is 10.6 Å². The molecule has 9 saturated heterocycles. The van der Waals surface area contributed by atoms with Crippen molar-refractivity contribution in [1.82, 2.24) is 10.6 Å². The monoisotopic (exact) mass is 1560 g/mol. The van der Waals surface area contributed by atoms with Crippen molar-refractivity contribution in [2.24, 2.45) is 0 Å². The Morgan fingerprint density at radius 1 is 0.245 bits per heavy atom. The summed E-state index contributed by atoms with van der Waals surface area (Å²) in [6, 6.07) is -3.57. The van der Waals surface area contributed by atoms with Gasteiger partial charge in [-0.3, -0.25) is 9.59 Å². The zero-order chi connectivity index (χ0) is 77.9. The smallest absolute Gasteiger partial charge is 0.217 e. The van der Waals surface area contributed by atoms with E-state index in [0.717, 1.165) is 13.8 Å². The molecule has 2 amide bonds. The minimum absolute atomic E-state index is 0.786. The maximum Gasteiger partial charge on any atom is 0.217 e. The number of aliphatic hydroxyl groups excluding tert-OH is 27. The molecule has 9 rings (SSSR count). The largest absolute Gasteiger partial charge is 0.394 e. The van der Waals surface area contributed by atoms with Crippen LogP contribution >= 0.6 is 0 Å². The van der Waals surface area contributed by atoms with E-state index in [4.69, 9.17) is 80.5 Å². The Morgan fingerprint density at radius 3 is 0.934 bits per heavy atom. The molecule has 48 heteroatoms. The molecule has 48 nitrogen and oxygen atoms in total. The quantitative estimate of drug-likeness (QED) is 0.0363. The first-order chi connectivity index (χ1) is 50.2. The van der Waals surface area contributed by atoms with Crippen LogP contribution in [-0.4, -0.2) is 485 Å². The fraction of sp³-hybridized carbons (Fsp3) is 0.966. The van der Waals surface area contributed by atoms with E-state index in [1.165, 1.54) is 0 Å². The fourth-order valence-electron chi connectivity index (χ4n) is 13.5. The van der Waals surface area contributed by atoms with Crippen LogP contribution in [0.4, 0.5) is 0 Å². The molecule has 0 aromatic heterocycles. The number of amides is 2. The summed E-state index contributed by atoms with van der Waals surface area (Å²) >= 11 is 0. The van der Waals surface area contributed by atoms with Gasteiger partial charge in [0.25, 0.3) is 0 Å². The molecule has 0 aromatic carbocycles. The first kappa shape index (κ1) is 87.2. The van der Waals surface area contributed by atoms with Crippen molar-refractivity contribution in [3.8, 4) is 0 Å². The van der Waals surface area contributed by atoms with E-state index in [0.29, 0.717) is 0 Å². The lowest BCUT2D eigenvalue weighted by atomic mass is 9.94. The van der Waals surface area contributed by atoms with Crippen molar-refractivity contribution in [3.05, 3.63) is 0 Å². The summed E-state index contributed by atoms with van der Waals surface area (Å²) in [6.45, 7) is -7.69. The standard InChI is InChI=1S/C58H98N2O46/c1-12(68)59-23-32(77)44(19(8-66)92-50(23)89)101-51-24(60-13(2)69)33(78)45(20(9-67)98-51)102-57-43(88)48(105-58-49(37(82)28(73)17(6-64)97-58)106-56-42(87)46(29(74)18(7-65)96-56)103-54-39(84)35(80)26(71)15(4-62)94-54)31(76)22(100-57)11-91-53-41(86)47(104-55-40(85)36(81)27(72)16(5-63)95-55)30(75)21(99-53)10-90-52-38(83)34(79)25(70)14(3-61)93-52/h14-58,61-67,70-89H,3-11H2,1-2H3,(H,59,68)(H,60,69)/t14-,15-,16-,17-,18-,19-,20-,21-,22-,23-,24-,25-,26-,27-,28-,29-,30-,31-,32-,33-,34+,35+,36+,37+,38+,39+,40+,41+,42+,43+,44-,45-,46+,47+,48+,49+,50-,51+,52+,53+,54-,55-,56-,57+,58-/m1/s1. The summed E-state index contributed by atoms with van der Waals surface area (Å²) in [6.07, 6.45) is -90.4. The third-order valence-corrected chi connectivity index (χ3v) is 19.5. The van der Waals surface area contributed by atoms with Crippen LogP contribution in [0, 0.1) is 0 Å². The second kappa shape index (κ2) is 37.9. The fourth-order valence-corrected chi connectivity index (χ4v) is 13.5. The third kappa shape index (κ3) is 18.7. The normalized spacial score (nSPS) is 51.2. The number of rotatable bonds is 27. The minimum atomic E-state index is -2.57. The van der Waals surface area contributed by atoms with Crippen molar-refractivity contribution in [3.63, 3.8) is 0 Å². The van der Waals surface area contributed by atoms with E-state index in [1.807, 2.05) is 0 Å². The Balaban J connectivity index is 1.05. The summed E-state index contributed by atoms with van der Waals surface area (Å²) in [5.74, 6) is -1.73. The highest BCUT2D eigenvalue weighted by molar-refractivity contribution is 5.73. The Hall–Kier alpha value is -2.82. The van der Waals surface area contributed by atoms with Crippen molar-refractivity contribution in [1.29, 1.82) is 0 Å². The van der Waals surface area contributed by atoms with Crippen LogP contribution in [0.25, 0.3) is 0 Å². The Kier molecular flexibility index (Phi) is 31.1. The number of hydrogen-bond acceptors (Lipinski definition) is 46. The second-order valence-corrected chi connectivity index (χ2v) is 26.7. The SMILES string of the molecule is CC(=O)N[C@@H]1[C@@H](O)[C@H](O[C@@H]2O[C@H](CO)[C@@H](O[C@@H]3O[C@H](CO[C@H]4O[C@H](CO[C@H]5O[C@H](CO)[C@@H](O)[C@H](O)[C@@H]5O)[C@@H](O)[C@H](O[C@H]5O[C@H](CO)[C@@H](O)[C@H](O)[C@@H]5O)[C@@H]4O)[C@@H](O)[C@H](O[C@H]4O[C@H](CO)[C@@H](O)[C@H](O)[C@@H]4O[C@H]4O[C@H](CO)[C@@H](O)[C@H](O[C@H]5O[C@H](CO)[C@@H](O)[C@H](O)[C@@H]5O)[C@@H]4O)[C@@H]3O)[C@H](O)[C@H]2NC(C)=O)[C@@H](CO)O[C@H]1O. The maximum atomic E-state index is 12.9. The first-order valence-electron chi connectivity index (χ1n) is 33.7. The first-order valence-corrected chi connectivity index (χ1v) is 33.7.